The van der Waals surface area contributed by atoms with Crippen LogP contribution in [-0.2, 0) is 11.3 Å². The Morgan fingerprint density at radius 2 is 1.94 bits per heavy atom. The Morgan fingerprint density at radius 1 is 1.19 bits per heavy atom. The Kier molecular flexibility index (Phi) is 6.64. The van der Waals surface area contributed by atoms with Gasteiger partial charge in [0.25, 0.3) is 5.91 Å². The van der Waals surface area contributed by atoms with Gasteiger partial charge in [-0.3, -0.25) is 14.5 Å². The summed E-state index contributed by atoms with van der Waals surface area (Å²) in [6, 6.07) is 10.2. The number of hydrogen-bond acceptors (Lipinski definition) is 7. The van der Waals surface area contributed by atoms with E-state index in [9.17, 15) is 9.59 Å². The van der Waals surface area contributed by atoms with Crippen LogP contribution in [-0.4, -0.2) is 64.0 Å². The first-order valence-electron chi connectivity index (χ1n) is 9.93. The number of amides is 2. The quantitative estimate of drug-likeness (QED) is 0.609. The summed E-state index contributed by atoms with van der Waals surface area (Å²) >= 11 is 7.27. The fourth-order valence-corrected chi connectivity index (χ4v) is 4.12. The Hall–Kier alpha value is -2.75. The maximum absolute atomic E-state index is 12.7. The molecule has 0 bridgehead atoms. The predicted octanol–water partition coefficient (Wildman–Crippen LogP) is 2.91. The van der Waals surface area contributed by atoms with Crippen molar-refractivity contribution in [3.63, 3.8) is 0 Å². The summed E-state index contributed by atoms with van der Waals surface area (Å²) in [4.78, 5) is 33.9. The van der Waals surface area contributed by atoms with Gasteiger partial charge in [0, 0.05) is 36.8 Å². The summed E-state index contributed by atoms with van der Waals surface area (Å²) in [6.07, 6.45) is 0. The minimum atomic E-state index is -0.570. The highest BCUT2D eigenvalue weighted by Crippen LogP contribution is 2.19. The summed E-state index contributed by atoms with van der Waals surface area (Å²) in [5, 5.41) is 9.30. The zero-order valence-electron chi connectivity index (χ0n) is 17.0. The number of nitrogens with one attached hydrogen (secondary N) is 1. The monoisotopic (exact) mass is 459 g/mol. The Bertz CT molecular complexity index is 1030. The minimum Gasteiger partial charge on any atom is -0.340 e. The Balaban J connectivity index is 1.26. The molecule has 8 nitrogen and oxygen atoms in total. The molecule has 2 amide bonds. The first-order valence-corrected chi connectivity index (χ1v) is 11.2. The molecule has 1 saturated heterocycles. The van der Waals surface area contributed by atoms with Gasteiger partial charge in [-0.25, -0.2) is 0 Å². The number of carbonyl (C=O) groups is 2. The predicted molar refractivity (Wildman–Crippen MR) is 118 cm³/mol. The van der Waals surface area contributed by atoms with Crippen molar-refractivity contribution in [2.24, 2.45) is 0 Å². The van der Waals surface area contributed by atoms with Crippen molar-refractivity contribution in [3.05, 3.63) is 57.6 Å². The molecule has 1 fully saturated rings. The van der Waals surface area contributed by atoms with Crippen LogP contribution < -0.4 is 5.32 Å². The molecular formula is C21H22ClN5O3S. The van der Waals surface area contributed by atoms with Crippen LogP contribution in [0.3, 0.4) is 0 Å². The number of carbonyl (C=O) groups excluding carboxylic acids is 2. The maximum Gasteiger partial charge on any atom is 0.261 e. The van der Waals surface area contributed by atoms with Gasteiger partial charge in [-0.05, 0) is 42.6 Å². The van der Waals surface area contributed by atoms with E-state index in [0.29, 0.717) is 54.3 Å². The topological polar surface area (TPSA) is 91.6 Å². The third-order valence-electron chi connectivity index (χ3n) is 5.08. The number of hydrogen-bond donors (Lipinski definition) is 1. The summed E-state index contributed by atoms with van der Waals surface area (Å²) in [5.74, 6) is 0.756. The van der Waals surface area contributed by atoms with Crippen LogP contribution >= 0.6 is 22.9 Å². The second kappa shape index (κ2) is 9.59. The molecule has 2 aromatic heterocycles. The number of halogens is 1. The summed E-state index contributed by atoms with van der Waals surface area (Å²) in [6.45, 7) is 4.78. The first kappa shape index (κ1) is 21.5. The fourth-order valence-electron chi connectivity index (χ4n) is 3.36. The zero-order valence-corrected chi connectivity index (χ0v) is 18.5. The SMILES string of the molecule is CC(NC(=O)c1cccs1)C(=O)N1CCN(Cc2nc(-c3ccc(Cl)cc3)no2)CC1. The van der Waals surface area contributed by atoms with Crippen LogP contribution in [0, 0.1) is 0 Å². The largest absolute Gasteiger partial charge is 0.340 e. The smallest absolute Gasteiger partial charge is 0.261 e. The highest BCUT2D eigenvalue weighted by Gasteiger charge is 2.27. The molecule has 1 atom stereocenters. The van der Waals surface area contributed by atoms with E-state index in [1.165, 1.54) is 11.3 Å². The molecule has 3 heterocycles. The third kappa shape index (κ3) is 5.30. The molecule has 3 aromatic rings. The maximum atomic E-state index is 12.7. The average molecular weight is 460 g/mol. The van der Waals surface area contributed by atoms with Crippen LogP contribution in [0.25, 0.3) is 11.4 Å². The van der Waals surface area contributed by atoms with Crippen molar-refractivity contribution < 1.29 is 14.1 Å². The van der Waals surface area contributed by atoms with E-state index >= 15 is 0 Å². The lowest BCUT2D eigenvalue weighted by molar-refractivity contribution is -0.134. The Morgan fingerprint density at radius 3 is 2.61 bits per heavy atom. The standard InChI is InChI=1S/C21H22ClN5O3S/c1-14(23-20(28)17-3-2-12-31-17)21(29)27-10-8-26(9-11-27)13-18-24-19(25-30-18)15-4-6-16(22)7-5-15/h2-7,12,14H,8-11,13H2,1H3,(H,23,28). The van der Waals surface area contributed by atoms with E-state index in [4.69, 9.17) is 16.1 Å². The lowest BCUT2D eigenvalue weighted by Gasteiger charge is -2.35. The normalized spacial score (nSPS) is 15.6. The molecule has 0 saturated carbocycles. The fraction of sp³-hybridized carbons (Fsp3) is 0.333. The lowest BCUT2D eigenvalue weighted by atomic mass is 10.2. The van der Waals surface area contributed by atoms with Gasteiger partial charge in [0.1, 0.15) is 6.04 Å². The van der Waals surface area contributed by atoms with Crippen molar-refractivity contribution in [1.29, 1.82) is 0 Å². The highest BCUT2D eigenvalue weighted by molar-refractivity contribution is 7.12. The highest BCUT2D eigenvalue weighted by atomic mass is 35.5. The average Bonchev–Trinajstić information content (AvgIpc) is 3.47. The molecule has 0 spiro atoms. The molecule has 1 N–H and O–H groups in total. The van der Waals surface area contributed by atoms with E-state index < -0.39 is 6.04 Å². The number of aromatic nitrogens is 2. The van der Waals surface area contributed by atoms with E-state index in [1.807, 2.05) is 23.6 Å². The van der Waals surface area contributed by atoms with Crippen LogP contribution in [0.4, 0.5) is 0 Å². The van der Waals surface area contributed by atoms with Crippen molar-refractivity contribution in [2.75, 3.05) is 26.2 Å². The van der Waals surface area contributed by atoms with E-state index in [1.54, 1.807) is 30.0 Å². The van der Waals surface area contributed by atoms with Gasteiger partial charge in [0.15, 0.2) is 0 Å². The molecule has 0 aliphatic carbocycles. The second-order valence-corrected chi connectivity index (χ2v) is 8.68. The third-order valence-corrected chi connectivity index (χ3v) is 6.20. The van der Waals surface area contributed by atoms with Crippen molar-refractivity contribution in [1.82, 2.24) is 25.3 Å². The molecule has 1 aromatic carbocycles. The molecule has 1 aliphatic heterocycles. The molecule has 1 aliphatic rings. The van der Waals surface area contributed by atoms with Crippen LogP contribution in [0.2, 0.25) is 5.02 Å². The number of benzene rings is 1. The van der Waals surface area contributed by atoms with Gasteiger partial charge in [0.05, 0.1) is 11.4 Å². The zero-order chi connectivity index (χ0) is 21.8. The van der Waals surface area contributed by atoms with Crippen LogP contribution in [0.5, 0.6) is 0 Å². The molecule has 1 unspecified atom stereocenters. The van der Waals surface area contributed by atoms with Gasteiger partial charge >= 0.3 is 0 Å². The number of nitrogens with zero attached hydrogens (tertiary/aromatic N) is 4. The minimum absolute atomic E-state index is 0.0765. The molecule has 4 rings (SSSR count). The summed E-state index contributed by atoms with van der Waals surface area (Å²) in [7, 11) is 0. The Labute approximate surface area is 188 Å². The molecule has 10 heteroatoms. The van der Waals surface area contributed by atoms with Crippen molar-refractivity contribution >= 4 is 34.8 Å². The van der Waals surface area contributed by atoms with Gasteiger partial charge < -0.3 is 14.7 Å². The molecule has 31 heavy (non-hydrogen) atoms. The van der Waals surface area contributed by atoms with Gasteiger partial charge in [-0.1, -0.05) is 22.8 Å². The summed E-state index contributed by atoms with van der Waals surface area (Å²) in [5.41, 5.74) is 0.841. The number of rotatable bonds is 6. The number of piperazine rings is 1. The van der Waals surface area contributed by atoms with Crippen LogP contribution in [0.15, 0.2) is 46.3 Å². The van der Waals surface area contributed by atoms with Gasteiger partial charge in [-0.15, -0.1) is 11.3 Å². The number of thiophene rings is 1. The van der Waals surface area contributed by atoms with Crippen molar-refractivity contribution in [2.45, 2.75) is 19.5 Å². The first-order chi connectivity index (χ1) is 15.0. The molecular weight excluding hydrogens is 438 g/mol. The van der Waals surface area contributed by atoms with E-state index in [0.717, 1.165) is 5.56 Å². The van der Waals surface area contributed by atoms with E-state index in [-0.39, 0.29) is 11.8 Å². The molecule has 0 radical (unpaired) electrons. The summed E-state index contributed by atoms with van der Waals surface area (Å²) < 4.78 is 5.38. The second-order valence-electron chi connectivity index (χ2n) is 7.29. The molecule has 162 valence electrons. The lowest BCUT2D eigenvalue weighted by Crippen LogP contribution is -2.53. The van der Waals surface area contributed by atoms with Crippen molar-refractivity contribution in [3.8, 4) is 11.4 Å². The van der Waals surface area contributed by atoms with E-state index in [2.05, 4.69) is 20.4 Å². The van der Waals surface area contributed by atoms with Gasteiger partial charge in [-0.2, -0.15) is 4.98 Å². The van der Waals surface area contributed by atoms with Gasteiger partial charge in [0.2, 0.25) is 17.6 Å². The van der Waals surface area contributed by atoms with Crippen LogP contribution in [0.1, 0.15) is 22.5 Å².